The van der Waals surface area contributed by atoms with Crippen LogP contribution >= 0.6 is 0 Å². The van der Waals surface area contributed by atoms with Gasteiger partial charge in [0.15, 0.2) is 0 Å². The highest BCUT2D eigenvalue weighted by atomic mass is 16.3. The number of rotatable bonds is 15. The molecule has 2 nitrogen and oxygen atoms in total. The van der Waals surface area contributed by atoms with Crippen LogP contribution in [0.15, 0.2) is 0 Å². The molecule has 0 aromatic carbocycles. The van der Waals surface area contributed by atoms with Crippen molar-refractivity contribution in [2.75, 3.05) is 6.54 Å². The minimum absolute atomic E-state index is 0.271. The first-order valence-electron chi connectivity index (χ1n) is 8.69. The Kier molecular flexibility index (Phi) is 15.9. The van der Waals surface area contributed by atoms with E-state index in [0.717, 1.165) is 12.8 Å². The third kappa shape index (κ3) is 15.9. The first-order valence-corrected chi connectivity index (χ1v) is 8.69. The lowest BCUT2D eigenvalue weighted by Crippen LogP contribution is -2.19. The molecule has 3 N–H and O–H groups in total. The Hall–Kier alpha value is -0.0800. The molecule has 0 rings (SSSR count). The third-order valence-electron chi connectivity index (χ3n) is 3.91. The van der Waals surface area contributed by atoms with Crippen LogP contribution in [0.25, 0.3) is 0 Å². The molecule has 0 aromatic heterocycles. The van der Waals surface area contributed by atoms with E-state index in [2.05, 4.69) is 6.92 Å². The summed E-state index contributed by atoms with van der Waals surface area (Å²) in [5.41, 5.74) is 5.37. The molecule has 0 saturated carbocycles. The zero-order valence-corrected chi connectivity index (χ0v) is 13.2. The molecular weight excluding hydrogens is 234 g/mol. The van der Waals surface area contributed by atoms with Crippen LogP contribution in [0.4, 0.5) is 0 Å². The van der Waals surface area contributed by atoms with Crippen LogP contribution in [-0.2, 0) is 0 Å². The summed E-state index contributed by atoms with van der Waals surface area (Å²) in [5.74, 6) is 0. The molecule has 0 aliphatic carbocycles. The third-order valence-corrected chi connectivity index (χ3v) is 3.91. The number of hydrogen-bond donors (Lipinski definition) is 2. The van der Waals surface area contributed by atoms with Crippen LogP contribution in [0.5, 0.6) is 0 Å². The monoisotopic (exact) mass is 271 g/mol. The van der Waals surface area contributed by atoms with E-state index in [0.29, 0.717) is 6.54 Å². The molecule has 0 amide bonds. The molecule has 0 bridgehead atoms. The van der Waals surface area contributed by atoms with Gasteiger partial charge in [-0.15, -0.1) is 0 Å². The molecule has 19 heavy (non-hydrogen) atoms. The van der Waals surface area contributed by atoms with Crippen LogP contribution in [0.2, 0.25) is 0 Å². The molecule has 0 saturated heterocycles. The van der Waals surface area contributed by atoms with E-state index in [-0.39, 0.29) is 6.10 Å². The smallest absolute Gasteiger partial charge is 0.0662 e. The topological polar surface area (TPSA) is 46.2 Å². The lowest BCUT2D eigenvalue weighted by Gasteiger charge is -2.06. The maximum Gasteiger partial charge on any atom is 0.0662 e. The predicted molar refractivity (Wildman–Crippen MR) is 85.4 cm³/mol. The average Bonchev–Trinajstić information content (AvgIpc) is 2.43. The second-order valence-electron chi connectivity index (χ2n) is 5.92. The SMILES string of the molecule is CCCCCCCCCCCCCCCC(O)CN. The predicted octanol–water partition coefficient (Wildman–Crippen LogP) is 4.79. The van der Waals surface area contributed by atoms with Crippen molar-refractivity contribution < 1.29 is 5.11 Å². The van der Waals surface area contributed by atoms with Gasteiger partial charge in [-0.3, -0.25) is 0 Å². The Labute approximate surface area is 121 Å². The molecule has 0 aliphatic heterocycles. The summed E-state index contributed by atoms with van der Waals surface area (Å²) in [7, 11) is 0. The van der Waals surface area contributed by atoms with Gasteiger partial charge in [0.2, 0.25) is 0 Å². The molecule has 116 valence electrons. The van der Waals surface area contributed by atoms with Crippen LogP contribution in [0.1, 0.15) is 96.8 Å². The van der Waals surface area contributed by atoms with Crippen molar-refractivity contribution in [3.63, 3.8) is 0 Å². The van der Waals surface area contributed by atoms with Crippen LogP contribution in [0, 0.1) is 0 Å². The van der Waals surface area contributed by atoms with Crippen molar-refractivity contribution in [1.82, 2.24) is 0 Å². The van der Waals surface area contributed by atoms with Crippen molar-refractivity contribution in [2.45, 2.75) is 103 Å². The molecule has 0 spiro atoms. The number of nitrogens with two attached hydrogens (primary N) is 1. The second-order valence-corrected chi connectivity index (χ2v) is 5.92. The molecule has 0 aromatic rings. The zero-order valence-electron chi connectivity index (χ0n) is 13.2. The summed E-state index contributed by atoms with van der Waals surface area (Å²) in [4.78, 5) is 0. The van der Waals surface area contributed by atoms with Crippen molar-refractivity contribution in [1.29, 1.82) is 0 Å². The van der Waals surface area contributed by atoms with Crippen molar-refractivity contribution in [3.8, 4) is 0 Å². The average molecular weight is 271 g/mol. The number of aliphatic hydroxyl groups is 1. The summed E-state index contributed by atoms with van der Waals surface area (Å²) in [6.07, 6.45) is 18.5. The largest absolute Gasteiger partial charge is 0.392 e. The molecule has 1 unspecified atom stereocenters. The van der Waals surface area contributed by atoms with Gasteiger partial charge in [-0.05, 0) is 6.42 Å². The Morgan fingerprint density at radius 2 is 1.05 bits per heavy atom. The zero-order chi connectivity index (χ0) is 14.2. The van der Waals surface area contributed by atoms with Gasteiger partial charge in [-0.25, -0.2) is 0 Å². The maximum atomic E-state index is 9.31. The van der Waals surface area contributed by atoms with Crippen molar-refractivity contribution in [3.05, 3.63) is 0 Å². The van der Waals surface area contributed by atoms with Crippen LogP contribution in [-0.4, -0.2) is 17.8 Å². The van der Waals surface area contributed by atoms with E-state index in [9.17, 15) is 5.11 Å². The fourth-order valence-electron chi connectivity index (χ4n) is 2.52. The highest BCUT2D eigenvalue weighted by Gasteiger charge is 1.99. The van der Waals surface area contributed by atoms with E-state index < -0.39 is 0 Å². The quantitative estimate of drug-likeness (QED) is 0.421. The van der Waals surface area contributed by atoms with Gasteiger partial charge in [-0.2, -0.15) is 0 Å². The highest BCUT2D eigenvalue weighted by Crippen LogP contribution is 2.13. The van der Waals surface area contributed by atoms with Gasteiger partial charge in [-0.1, -0.05) is 90.4 Å². The molecule has 1 atom stereocenters. The minimum Gasteiger partial charge on any atom is -0.392 e. The standard InChI is InChI=1S/C17H37NO/c1-2-3-4-5-6-7-8-9-10-11-12-13-14-15-17(19)16-18/h17,19H,2-16,18H2,1H3. The molecule has 0 aliphatic rings. The Bertz CT molecular complexity index is 161. The van der Waals surface area contributed by atoms with Crippen LogP contribution < -0.4 is 5.73 Å². The van der Waals surface area contributed by atoms with Gasteiger partial charge in [0.1, 0.15) is 0 Å². The van der Waals surface area contributed by atoms with Gasteiger partial charge in [0.25, 0.3) is 0 Å². The molecule has 0 fully saturated rings. The fourth-order valence-corrected chi connectivity index (χ4v) is 2.52. The van der Waals surface area contributed by atoms with Gasteiger partial charge in [0, 0.05) is 6.54 Å². The van der Waals surface area contributed by atoms with E-state index in [1.165, 1.54) is 77.0 Å². The fraction of sp³-hybridized carbons (Fsp3) is 1.00. The number of aliphatic hydroxyl groups excluding tert-OH is 1. The van der Waals surface area contributed by atoms with Crippen molar-refractivity contribution >= 4 is 0 Å². The molecule has 0 radical (unpaired) electrons. The van der Waals surface area contributed by atoms with Crippen molar-refractivity contribution in [2.24, 2.45) is 5.73 Å². The highest BCUT2D eigenvalue weighted by molar-refractivity contribution is 4.56. The number of hydrogen-bond acceptors (Lipinski definition) is 2. The Balaban J connectivity index is 2.95. The maximum absolute atomic E-state index is 9.31. The van der Waals surface area contributed by atoms with E-state index in [1.807, 2.05) is 0 Å². The van der Waals surface area contributed by atoms with E-state index in [1.54, 1.807) is 0 Å². The first kappa shape index (κ1) is 18.9. The van der Waals surface area contributed by atoms with E-state index in [4.69, 9.17) is 5.73 Å². The minimum atomic E-state index is -0.271. The van der Waals surface area contributed by atoms with Gasteiger partial charge in [0.05, 0.1) is 6.10 Å². The summed E-state index contributed by atoms with van der Waals surface area (Å²) >= 11 is 0. The van der Waals surface area contributed by atoms with E-state index >= 15 is 0 Å². The first-order chi connectivity index (χ1) is 9.31. The summed E-state index contributed by atoms with van der Waals surface area (Å²) in [6.45, 7) is 2.69. The summed E-state index contributed by atoms with van der Waals surface area (Å²) in [6, 6.07) is 0. The Morgan fingerprint density at radius 1 is 0.684 bits per heavy atom. The van der Waals surface area contributed by atoms with Gasteiger partial charge >= 0.3 is 0 Å². The second kappa shape index (κ2) is 16.0. The normalized spacial score (nSPS) is 12.8. The summed E-state index contributed by atoms with van der Waals surface area (Å²) in [5, 5.41) is 9.31. The molecule has 2 heteroatoms. The molecule has 0 heterocycles. The lowest BCUT2D eigenvalue weighted by atomic mass is 10.0. The lowest BCUT2D eigenvalue weighted by molar-refractivity contribution is 0.168. The Morgan fingerprint density at radius 3 is 1.42 bits per heavy atom. The van der Waals surface area contributed by atoms with Gasteiger partial charge < -0.3 is 10.8 Å². The molecular formula is C17H37NO. The van der Waals surface area contributed by atoms with Crippen LogP contribution in [0.3, 0.4) is 0 Å². The number of unbranched alkanes of at least 4 members (excludes halogenated alkanes) is 12. The summed E-state index contributed by atoms with van der Waals surface area (Å²) < 4.78 is 0.